The Morgan fingerprint density at radius 2 is 2.29 bits per heavy atom. The summed E-state index contributed by atoms with van der Waals surface area (Å²) in [6.07, 6.45) is 0. The molecule has 86 valence electrons. The summed E-state index contributed by atoms with van der Waals surface area (Å²) in [6.45, 7) is 0. The Bertz CT molecular complexity index is 597. The molecule has 3 nitrogen and oxygen atoms in total. The van der Waals surface area contributed by atoms with Crippen LogP contribution in [0.5, 0.6) is 0 Å². The van der Waals surface area contributed by atoms with E-state index in [1.54, 1.807) is 23.1 Å². The largest absolute Gasteiger partial charge is 0.324 e. The SMILES string of the molecule is O=C1CSc2ccc(-c3nc(Br)cs3)cc2N1. The maximum absolute atomic E-state index is 11.3. The molecule has 1 aromatic heterocycles. The second-order valence-electron chi connectivity index (χ2n) is 3.52. The second kappa shape index (κ2) is 4.44. The number of aromatic nitrogens is 1. The predicted molar refractivity (Wildman–Crippen MR) is 74.6 cm³/mol. The third-order valence-corrected chi connectivity index (χ3v) is 5.01. The van der Waals surface area contributed by atoms with E-state index in [4.69, 9.17) is 0 Å². The van der Waals surface area contributed by atoms with Crippen molar-refractivity contribution < 1.29 is 4.79 Å². The molecule has 0 bridgehead atoms. The highest BCUT2D eigenvalue weighted by Crippen LogP contribution is 2.35. The molecule has 6 heteroatoms. The van der Waals surface area contributed by atoms with Gasteiger partial charge in [-0.1, -0.05) is 6.07 Å². The lowest BCUT2D eigenvalue weighted by Gasteiger charge is -2.16. The molecule has 0 radical (unpaired) electrons. The number of halogens is 1. The summed E-state index contributed by atoms with van der Waals surface area (Å²) in [7, 11) is 0. The third-order valence-electron chi connectivity index (χ3n) is 2.34. The Hall–Kier alpha value is -0.850. The first-order valence-electron chi connectivity index (χ1n) is 4.90. The van der Waals surface area contributed by atoms with Gasteiger partial charge in [0.05, 0.1) is 11.4 Å². The Balaban J connectivity index is 2.03. The van der Waals surface area contributed by atoms with Gasteiger partial charge in [0.15, 0.2) is 0 Å². The number of nitrogens with one attached hydrogen (secondary N) is 1. The van der Waals surface area contributed by atoms with Crippen molar-refractivity contribution >= 4 is 50.6 Å². The zero-order chi connectivity index (χ0) is 11.8. The van der Waals surface area contributed by atoms with Gasteiger partial charge < -0.3 is 5.32 Å². The highest BCUT2D eigenvalue weighted by molar-refractivity contribution is 9.10. The molecule has 0 unspecified atom stereocenters. The lowest BCUT2D eigenvalue weighted by molar-refractivity contribution is -0.113. The van der Waals surface area contributed by atoms with Gasteiger partial charge in [-0.15, -0.1) is 23.1 Å². The number of hydrogen-bond acceptors (Lipinski definition) is 4. The highest BCUT2D eigenvalue weighted by atomic mass is 79.9. The molecule has 3 rings (SSSR count). The van der Waals surface area contributed by atoms with Crippen LogP contribution in [0.2, 0.25) is 0 Å². The third kappa shape index (κ3) is 2.25. The van der Waals surface area contributed by atoms with Gasteiger partial charge >= 0.3 is 0 Å². The molecule has 1 aliphatic rings. The maximum Gasteiger partial charge on any atom is 0.234 e. The van der Waals surface area contributed by atoms with Gasteiger partial charge in [0.2, 0.25) is 5.91 Å². The van der Waals surface area contributed by atoms with Gasteiger partial charge in [-0.25, -0.2) is 4.98 Å². The van der Waals surface area contributed by atoms with E-state index in [2.05, 4.69) is 26.2 Å². The van der Waals surface area contributed by atoms with E-state index in [0.29, 0.717) is 5.75 Å². The molecule has 0 atom stereocenters. The first-order valence-corrected chi connectivity index (χ1v) is 7.56. The van der Waals surface area contributed by atoms with E-state index in [1.807, 2.05) is 23.6 Å². The van der Waals surface area contributed by atoms with Crippen LogP contribution in [-0.2, 0) is 4.79 Å². The van der Waals surface area contributed by atoms with Crippen LogP contribution >= 0.6 is 39.0 Å². The average Bonchev–Trinajstić information content (AvgIpc) is 2.75. The smallest absolute Gasteiger partial charge is 0.234 e. The molecule has 0 saturated heterocycles. The normalized spacial score (nSPS) is 14.3. The van der Waals surface area contributed by atoms with Gasteiger partial charge in [-0.2, -0.15) is 0 Å². The number of nitrogens with zero attached hydrogens (tertiary/aromatic N) is 1. The van der Waals surface area contributed by atoms with Crippen molar-refractivity contribution in [3.05, 3.63) is 28.2 Å². The van der Waals surface area contributed by atoms with Gasteiger partial charge in [0, 0.05) is 15.8 Å². The van der Waals surface area contributed by atoms with Crippen LogP contribution in [0, 0.1) is 0 Å². The van der Waals surface area contributed by atoms with E-state index in [1.165, 1.54) is 0 Å². The van der Waals surface area contributed by atoms with Crippen LogP contribution in [0.4, 0.5) is 5.69 Å². The molecule has 2 aromatic rings. The fourth-order valence-corrected chi connectivity index (χ4v) is 3.64. The number of thioether (sulfide) groups is 1. The van der Waals surface area contributed by atoms with Crippen LogP contribution in [-0.4, -0.2) is 16.6 Å². The molecule has 1 N–H and O–H groups in total. The molecular formula is C11H7BrN2OS2. The summed E-state index contributed by atoms with van der Waals surface area (Å²) in [5, 5.41) is 5.78. The van der Waals surface area contributed by atoms with Crippen molar-refractivity contribution in [2.24, 2.45) is 0 Å². The molecule has 2 heterocycles. The monoisotopic (exact) mass is 326 g/mol. The standard InChI is InChI=1S/C11H7BrN2OS2/c12-9-4-17-11(14-9)6-1-2-8-7(3-6)13-10(15)5-16-8/h1-4H,5H2,(H,13,15). The molecule has 0 saturated carbocycles. The maximum atomic E-state index is 11.3. The van der Waals surface area contributed by atoms with E-state index < -0.39 is 0 Å². The number of benzene rings is 1. The van der Waals surface area contributed by atoms with Crippen molar-refractivity contribution in [2.75, 3.05) is 11.1 Å². The Morgan fingerprint density at radius 3 is 3.06 bits per heavy atom. The minimum Gasteiger partial charge on any atom is -0.324 e. The molecule has 1 aromatic carbocycles. The van der Waals surface area contributed by atoms with Crippen LogP contribution < -0.4 is 5.32 Å². The second-order valence-corrected chi connectivity index (χ2v) is 6.21. The van der Waals surface area contributed by atoms with Gasteiger partial charge in [-0.3, -0.25) is 4.79 Å². The van der Waals surface area contributed by atoms with Gasteiger partial charge in [0.25, 0.3) is 0 Å². The number of hydrogen-bond donors (Lipinski definition) is 1. The molecule has 0 fully saturated rings. The van der Waals surface area contributed by atoms with E-state index >= 15 is 0 Å². The highest BCUT2D eigenvalue weighted by Gasteiger charge is 2.16. The first kappa shape index (κ1) is 11.3. The number of amides is 1. The molecular weight excluding hydrogens is 320 g/mol. The topological polar surface area (TPSA) is 42.0 Å². The summed E-state index contributed by atoms with van der Waals surface area (Å²) >= 11 is 6.48. The lowest BCUT2D eigenvalue weighted by atomic mass is 10.2. The summed E-state index contributed by atoms with van der Waals surface area (Å²) in [4.78, 5) is 16.8. The molecule has 1 amide bonds. The number of carbonyl (C=O) groups is 1. The minimum atomic E-state index is 0.0555. The average molecular weight is 327 g/mol. The van der Waals surface area contributed by atoms with Crippen molar-refractivity contribution in [1.82, 2.24) is 4.98 Å². The first-order chi connectivity index (χ1) is 8.22. The van der Waals surface area contributed by atoms with Crippen molar-refractivity contribution in [3.63, 3.8) is 0 Å². The zero-order valence-electron chi connectivity index (χ0n) is 8.57. The Morgan fingerprint density at radius 1 is 1.41 bits per heavy atom. The Kier molecular flexibility index (Phi) is 2.94. The fraction of sp³-hybridized carbons (Fsp3) is 0.0909. The van der Waals surface area contributed by atoms with Crippen LogP contribution in [0.3, 0.4) is 0 Å². The van der Waals surface area contributed by atoms with E-state index in [-0.39, 0.29) is 5.91 Å². The summed E-state index contributed by atoms with van der Waals surface area (Å²) in [6, 6.07) is 6.04. The molecule has 0 spiro atoms. The lowest BCUT2D eigenvalue weighted by Crippen LogP contribution is -2.18. The minimum absolute atomic E-state index is 0.0555. The molecule has 0 aliphatic carbocycles. The Labute approximate surface area is 115 Å². The summed E-state index contributed by atoms with van der Waals surface area (Å²) < 4.78 is 0.841. The number of rotatable bonds is 1. The predicted octanol–water partition coefficient (Wildman–Crippen LogP) is 3.62. The van der Waals surface area contributed by atoms with Crippen molar-refractivity contribution in [2.45, 2.75) is 4.90 Å². The number of fused-ring (bicyclic) bond motifs is 1. The summed E-state index contributed by atoms with van der Waals surface area (Å²) in [5.74, 6) is 0.551. The van der Waals surface area contributed by atoms with Crippen molar-refractivity contribution in [1.29, 1.82) is 0 Å². The van der Waals surface area contributed by atoms with Gasteiger partial charge in [-0.05, 0) is 28.1 Å². The number of anilines is 1. The quantitative estimate of drug-likeness (QED) is 0.870. The van der Waals surface area contributed by atoms with E-state index in [0.717, 1.165) is 25.8 Å². The number of thiazole rings is 1. The van der Waals surface area contributed by atoms with Crippen LogP contribution in [0.1, 0.15) is 0 Å². The van der Waals surface area contributed by atoms with E-state index in [9.17, 15) is 4.79 Å². The molecule has 1 aliphatic heterocycles. The van der Waals surface area contributed by atoms with Crippen LogP contribution in [0.15, 0.2) is 33.1 Å². The van der Waals surface area contributed by atoms with Crippen molar-refractivity contribution in [3.8, 4) is 10.6 Å². The fourth-order valence-electron chi connectivity index (χ4n) is 1.60. The van der Waals surface area contributed by atoms with Gasteiger partial charge in [0.1, 0.15) is 9.61 Å². The molecule has 17 heavy (non-hydrogen) atoms. The van der Waals surface area contributed by atoms with Crippen LogP contribution in [0.25, 0.3) is 10.6 Å². The zero-order valence-corrected chi connectivity index (χ0v) is 11.8. The summed E-state index contributed by atoms with van der Waals surface area (Å²) in [5.41, 5.74) is 1.91. The number of carbonyl (C=O) groups excluding carboxylic acids is 1.